The molecule has 0 fully saturated rings. The second-order valence-electron chi connectivity index (χ2n) is 5.43. The third-order valence-electron chi connectivity index (χ3n) is 2.55. The van der Waals surface area contributed by atoms with E-state index < -0.39 is 0 Å². The lowest BCUT2D eigenvalue weighted by Gasteiger charge is -2.20. The quantitative estimate of drug-likeness (QED) is 0.848. The Labute approximate surface area is 98.8 Å². The average molecular weight is 221 g/mol. The van der Waals surface area contributed by atoms with Gasteiger partial charge in [0, 0.05) is 5.54 Å². The van der Waals surface area contributed by atoms with Crippen LogP contribution >= 0.6 is 0 Å². The zero-order valence-electron chi connectivity index (χ0n) is 11.0. The molecule has 0 saturated heterocycles. The number of benzene rings is 1. The lowest BCUT2D eigenvalue weighted by atomic mass is 9.92. The Balaban J connectivity index is 3.04. The molecule has 2 N–H and O–H groups in total. The molecule has 1 aromatic carbocycles. The summed E-state index contributed by atoms with van der Waals surface area (Å²) >= 11 is 0. The van der Waals surface area contributed by atoms with Crippen molar-refractivity contribution in [2.75, 3.05) is 7.11 Å². The SMILES string of the molecule is COc1cc(CC(C)(C)N)cc(C(C)C)c1. The smallest absolute Gasteiger partial charge is 0.119 e. The molecule has 2 nitrogen and oxygen atoms in total. The number of hydrogen-bond acceptors (Lipinski definition) is 2. The number of nitrogens with two attached hydrogens (primary N) is 1. The van der Waals surface area contributed by atoms with Gasteiger partial charge >= 0.3 is 0 Å². The van der Waals surface area contributed by atoms with E-state index in [1.54, 1.807) is 7.11 Å². The lowest BCUT2D eigenvalue weighted by molar-refractivity contribution is 0.412. The summed E-state index contributed by atoms with van der Waals surface area (Å²) in [6, 6.07) is 6.39. The van der Waals surface area contributed by atoms with Crippen molar-refractivity contribution in [3.63, 3.8) is 0 Å². The predicted molar refractivity (Wildman–Crippen MR) is 69.1 cm³/mol. The van der Waals surface area contributed by atoms with Crippen molar-refractivity contribution in [2.45, 2.75) is 45.6 Å². The summed E-state index contributed by atoms with van der Waals surface area (Å²) < 4.78 is 5.32. The van der Waals surface area contributed by atoms with Crippen molar-refractivity contribution >= 4 is 0 Å². The third kappa shape index (κ3) is 3.86. The molecule has 0 saturated carbocycles. The molecular formula is C14H23NO. The van der Waals surface area contributed by atoms with Gasteiger partial charge in [0.05, 0.1) is 7.11 Å². The monoisotopic (exact) mass is 221 g/mol. The van der Waals surface area contributed by atoms with Gasteiger partial charge in [0.15, 0.2) is 0 Å². The number of methoxy groups -OCH3 is 1. The highest BCUT2D eigenvalue weighted by Gasteiger charge is 2.13. The van der Waals surface area contributed by atoms with Crippen LogP contribution in [0.1, 0.15) is 44.7 Å². The van der Waals surface area contributed by atoms with E-state index >= 15 is 0 Å². The maximum absolute atomic E-state index is 6.04. The fourth-order valence-electron chi connectivity index (χ4n) is 1.77. The first kappa shape index (κ1) is 13.0. The summed E-state index contributed by atoms with van der Waals surface area (Å²) in [6.07, 6.45) is 0.865. The minimum absolute atomic E-state index is 0.180. The number of ether oxygens (including phenoxy) is 1. The van der Waals surface area contributed by atoms with Gasteiger partial charge in [-0.15, -0.1) is 0 Å². The first-order valence-corrected chi connectivity index (χ1v) is 5.78. The zero-order valence-corrected chi connectivity index (χ0v) is 11.0. The Bertz CT molecular complexity index is 350. The summed E-state index contributed by atoms with van der Waals surface area (Å²) in [5.74, 6) is 1.43. The van der Waals surface area contributed by atoms with E-state index in [9.17, 15) is 0 Å². The van der Waals surface area contributed by atoms with E-state index in [0.717, 1.165) is 12.2 Å². The van der Waals surface area contributed by atoms with E-state index in [1.807, 2.05) is 13.8 Å². The highest BCUT2D eigenvalue weighted by molar-refractivity contribution is 5.36. The number of hydrogen-bond donors (Lipinski definition) is 1. The Morgan fingerprint density at radius 1 is 1.25 bits per heavy atom. The van der Waals surface area contributed by atoms with E-state index in [4.69, 9.17) is 10.5 Å². The van der Waals surface area contributed by atoms with Crippen LogP contribution in [0.25, 0.3) is 0 Å². The second kappa shape index (κ2) is 4.88. The standard InChI is InChI=1S/C14H23NO/c1-10(2)12-6-11(9-14(3,4)15)7-13(8-12)16-5/h6-8,10H,9,15H2,1-5H3. The second-order valence-corrected chi connectivity index (χ2v) is 5.43. The van der Waals surface area contributed by atoms with Gasteiger partial charge in [-0.1, -0.05) is 19.9 Å². The normalized spacial score (nSPS) is 11.9. The van der Waals surface area contributed by atoms with Crippen LogP contribution in [-0.2, 0) is 6.42 Å². The summed E-state index contributed by atoms with van der Waals surface area (Å²) in [4.78, 5) is 0. The molecular weight excluding hydrogens is 198 g/mol. The van der Waals surface area contributed by atoms with Crippen LogP contribution in [0, 0.1) is 0 Å². The largest absolute Gasteiger partial charge is 0.497 e. The van der Waals surface area contributed by atoms with Gasteiger partial charge in [-0.05, 0) is 49.4 Å². The lowest BCUT2D eigenvalue weighted by Crippen LogP contribution is -2.34. The summed E-state index contributed by atoms with van der Waals surface area (Å²) in [5, 5.41) is 0. The molecule has 0 radical (unpaired) electrons. The maximum atomic E-state index is 6.04. The van der Waals surface area contributed by atoms with E-state index in [-0.39, 0.29) is 5.54 Å². The van der Waals surface area contributed by atoms with E-state index in [0.29, 0.717) is 5.92 Å². The predicted octanol–water partition coefficient (Wildman–Crippen LogP) is 3.10. The maximum Gasteiger partial charge on any atom is 0.119 e. The van der Waals surface area contributed by atoms with Crippen LogP contribution in [0.15, 0.2) is 18.2 Å². The molecule has 0 aliphatic heterocycles. The summed E-state index contributed by atoms with van der Waals surface area (Å²) in [5.41, 5.74) is 8.41. The Hall–Kier alpha value is -1.02. The molecule has 1 aromatic rings. The molecule has 0 spiro atoms. The van der Waals surface area contributed by atoms with Crippen LogP contribution in [0.5, 0.6) is 5.75 Å². The van der Waals surface area contributed by atoms with Crippen LogP contribution in [0.4, 0.5) is 0 Å². The molecule has 1 rings (SSSR count). The average Bonchev–Trinajstić information content (AvgIpc) is 2.14. The summed E-state index contributed by atoms with van der Waals surface area (Å²) in [6.45, 7) is 8.46. The van der Waals surface area contributed by atoms with Gasteiger partial charge in [0.2, 0.25) is 0 Å². The Morgan fingerprint density at radius 3 is 2.31 bits per heavy atom. The van der Waals surface area contributed by atoms with Gasteiger partial charge in [-0.3, -0.25) is 0 Å². The van der Waals surface area contributed by atoms with Crippen molar-refractivity contribution < 1.29 is 4.74 Å². The van der Waals surface area contributed by atoms with Gasteiger partial charge < -0.3 is 10.5 Å². The van der Waals surface area contributed by atoms with Crippen LogP contribution < -0.4 is 10.5 Å². The van der Waals surface area contributed by atoms with Crippen molar-refractivity contribution in [1.29, 1.82) is 0 Å². The van der Waals surface area contributed by atoms with Crippen molar-refractivity contribution in [2.24, 2.45) is 5.73 Å². The first-order chi connectivity index (χ1) is 7.31. The van der Waals surface area contributed by atoms with Crippen molar-refractivity contribution in [3.8, 4) is 5.75 Å². The molecule has 90 valence electrons. The molecule has 2 heteroatoms. The molecule has 0 atom stereocenters. The molecule has 0 heterocycles. The van der Waals surface area contributed by atoms with Gasteiger partial charge in [0.25, 0.3) is 0 Å². The van der Waals surface area contributed by atoms with Crippen molar-refractivity contribution in [1.82, 2.24) is 0 Å². The Morgan fingerprint density at radius 2 is 1.88 bits per heavy atom. The molecule has 16 heavy (non-hydrogen) atoms. The molecule has 0 bridgehead atoms. The molecule has 0 amide bonds. The summed E-state index contributed by atoms with van der Waals surface area (Å²) in [7, 11) is 1.71. The minimum atomic E-state index is -0.180. The molecule has 0 aromatic heterocycles. The topological polar surface area (TPSA) is 35.2 Å². The molecule has 0 unspecified atom stereocenters. The van der Waals surface area contributed by atoms with Gasteiger partial charge in [-0.25, -0.2) is 0 Å². The zero-order chi connectivity index (χ0) is 12.3. The fraction of sp³-hybridized carbons (Fsp3) is 0.571. The molecule has 0 aliphatic carbocycles. The first-order valence-electron chi connectivity index (χ1n) is 5.78. The van der Waals surface area contributed by atoms with E-state index in [1.165, 1.54) is 11.1 Å². The number of rotatable bonds is 4. The minimum Gasteiger partial charge on any atom is -0.497 e. The van der Waals surface area contributed by atoms with Crippen molar-refractivity contribution in [3.05, 3.63) is 29.3 Å². The van der Waals surface area contributed by atoms with Gasteiger partial charge in [0.1, 0.15) is 5.75 Å². The molecule has 0 aliphatic rings. The Kier molecular flexibility index (Phi) is 3.98. The van der Waals surface area contributed by atoms with Gasteiger partial charge in [-0.2, -0.15) is 0 Å². The highest BCUT2D eigenvalue weighted by atomic mass is 16.5. The third-order valence-corrected chi connectivity index (χ3v) is 2.55. The van der Waals surface area contributed by atoms with Crippen LogP contribution in [0.2, 0.25) is 0 Å². The van der Waals surface area contributed by atoms with Crippen LogP contribution in [0.3, 0.4) is 0 Å². The van der Waals surface area contributed by atoms with Crippen LogP contribution in [-0.4, -0.2) is 12.6 Å². The fourth-order valence-corrected chi connectivity index (χ4v) is 1.77. The van der Waals surface area contributed by atoms with E-state index in [2.05, 4.69) is 32.0 Å². The highest BCUT2D eigenvalue weighted by Crippen LogP contribution is 2.24.